The molecule has 1 aromatic rings. The van der Waals surface area contributed by atoms with Crippen LogP contribution in [0.5, 0.6) is 0 Å². The number of likely N-dealkylation sites (N-methyl/N-ethyl adjacent to an activating group) is 1. The average molecular weight is 223 g/mol. The number of nitrogens with one attached hydrogen (secondary N) is 1. The predicted octanol–water partition coefficient (Wildman–Crippen LogP) is 3.54. The third kappa shape index (κ3) is 3.31. The van der Waals surface area contributed by atoms with Crippen LogP contribution in [0.25, 0.3) is 0 Å². The van der Waals surface area contributed by atoms with Gasteiger partial charge in [-0.3, -0.25) is 0 Å². The highest BCUT2D eigenvalue weighted by molar-refractivity contribution is 5.19. The summed E-state index contributed by atoms with van der Waals surface area (Å²) in [4.78, 5) is 0. The molecule has 1 aromatic carbocycles. The molecule has 1 rings (SSSR count). The molecule has 1 N–H and O–H groups in total. The van der Waals surface area contributed by atoms with Crippen molar-refractivity contribution < 1.29 is 4.39 Å². The topological polar surface area (TPSA) is 12.0 Å². The second-order valence-corrected chi connectivity index (χ2v) is 4.32. The lowest BCUT2D eigenvalue weighted by molar-refractivity contribution is 0.305. The summed E-state index contributed by atoms with van der Waals surface area (Å²) in [5.74, 6) is -0.143. The number of hydrogen-bond donors (Lipinski definition) is 1. The van der Waals surface area contributed by atoms with Crippen LogP contribution in [0, 0.1) is 5.82 Å². The second-order valence-electron chi connectivity index (χ2n) is 4.32. The normalized spacial score (nSPS) is 11.8. The molecule has 0 unspecified atom stereocenters. The summed E-state index contributed by atoms with van der Waals surface area (Å²) in [5, 5.41) is 3.54. The van der Waals surface area contributed by atoms with Gasteiger partial charge in [-0.15, -0.1) is 0 Å². The van der Waals surface area contributed by atoms with Gasteiger partial charge in [0.1, 0.15) is 5.82 Å². The Morgan fingerprint density at radius 3 is 2.38 bits per heavy atom. The maximum atomic E-state index is 13.1. The molecular weight excluding hydrogens is 201 g/mol. The van der Waals surface area contributed by atoms with E-state index in [0.29, 0.717) is 0 Å². The van der Waals surface area contributed by atoms with Gasteiger partial charge in [-0.2, -0.15) is 0 Å². The fourth-order valence-corrected chi connectivity index (χ4v) is 2.23. The largest absolute Gasteiger partial charge is 0.311 e. The van der Waals surface area contributed by atoms with Crippen LogP contribution in [0.1, 0.15) is 39.2 Å². The van der Waals surface area contributed by atoms with Crippen LogP contribution in [0.4, 0.5) is 4.39 Å². The summed E-state index contributed by atoms with van der Waals surface area (Å²) in [6.07, 6.45) is 3.02. The Kier molecular flexibility index (Phi) is 4.94. The Morgan fingerprint density at radius 2 is 1.88 bits per heavy atom. The fourth-order valence-electron chi connectivity index (χ4n) is 2.23. The van der Waals surface area contributed by atoms with Crippen LogP contribution in [-0.2, 0) is 6.42 Å². The van der Waals surface area contributed by atoms with Gasteiger partial charge in [-0.1, -0.05) is 32.9 Å². The third-order valence-electron chi connectivity index (χ3n) is 3.34. The Labute approximate surface area is 98.1 Å². The molecule has 0 aliphatic heterocycles. The van der Waals surface area contributed by atoms with E-state index >= 15 is 0 Å². The summed E-state index contributed by atoms with van der Waals surface area (Å²) in [7, 11) is 0. The molecule has 2 heteroatoms. The molecule has 0 amide bonds. The van der Waals surface area contributed by atoms with Gasteiger partial charge in [0, 0.05) is 5.54 Å². The monoisotopic (exact) mass is 223 g/mol. The van der Waals surface area contributed by atoms with Crippen molar-refractivity contribution in [1.29, 1.82) is 0 Å². The average Bonchev–Trinajstić information content (AvgIpc) is 2.28. The van der Waals surface area contributed by atoms with Crippen molar-refractivity contribution in [2.24, 2.45) is 0 Å². The molecule has 0 saturated carbocycles. The van der Waals surface area contributed by atoms with E-state index in [1.165, 1.54) is 6.07 Å². The number of halogens is 1. The molecule has 0 spiro atoms. The van der Waals surface area contributed by atoms with Gasteiger partial charge in [-0.05, 0) is 43.5 Å². The van der Waals surface area contributed by atoms with E-state index in [1.807, 2.05) is 6.07 Å². The molecular formula is C14H22FN. The van der Waals surface area contributed by atoms with Gasteiger partial charge in [0.2, 0.25) is 0 Å². The maximum Gasteiger partial charge on any atom is 0.123 e. The Balaban J connectivity index is 2.82. The SMILES string of the molecule is CCNC(CC)(CC)Cc1cccc(F)c1. The van der Waals surface area contributed by atoms with E-state index in [2.05, 4.69) is 26.1 Å². The van der Waals surface area contributed by atoms with E-state index in [-0.39, 0.29) is 11.4 Å². The molecule has 0 bridgehead atoms. The van der Waals surface area contributed by atoms with Crippen molar-refractivity contribution in [3.8, 4) is 0 Å². The lowest BCUT2D eigenvalue weighted by Crippen LogP contribution is -2.46. The van der Waals surface area contributed by atoms with Crippen molar-refractivity contribution >= 4 is 0 Å². The first-order valence-electron chi connectivity index (χ1n) is 6.15. The number of rotatable bonds is 6. The fraction of sp³-hybridized carbons (Fsp3) is 0.571. The van der Waals surface area contributed by atoms with E-state index in [1.54, 1.807) is 12.1 Å². The summed E-state index contributed by atoms with van der Waals surface area (Å²) >= 11 is 0. The van der Waals surface area contributed by atoms with Crippen LogP contribution >= 0.6 is 0 Å². The minimum atomic E-state index is -0.143. The lowest BCUT2D eigenvalue weighted by atomic mass is 9.85. The molecule has 0 radical (unpaired) electrons. The maximum absolute atomic E-state index is 13.1. The van der Waals surface area contributed by atoms with E-state index in [9.17, 15) is 4.39 Å². The Bertz CT molecular complexity index is 318. The van der Waals surface area contributed by atoms with Gasteiger partial charge in [0.15, 0.2) is 0 Å². The first kappa shape index (κ1) is 13.2. The highest BCUT2D eigenvalue weighted by atomic mass is 19.1. The quantitative estimate of drug-likeness (QED) is 0.778. The molecule has 0 fully saturated rings. The summed E-state index contributed by atoms with van der Waals surface area (Å²) in [6, 6.07) is 6.92. The highest BCUT2D eigenvalue weighted by Gasteiger charge is 2.24. The van der Waals surface area contributed by atoms with Crippen LogP contribution < -0.4 is 5.32 Å². The predicted molar refractivity (Wildman–Crippen MR) is 67.1 cm³/mol. The first-order chi connectivity index (χ1) is 7.65. The molecule has 90 valence electrons. The van der Waals surface area contributed by atoms with Crippen LogP contribution in [-0.4, -0.2) is 12.1 Å². The van der Waals surface area contributed by atoms with Gasteiger partial charge in [0.25, 0.3) is 0 Å². The van der Waals surface area contributed by atoms with Crippen molar-refractivity contribution in [1.82, 2.24) is 5.32 Å². The van der Waals surface area contributed by atoms with E-state index in [4.69, 9.17) is 0 Å². The summed E-state index contributed by atoms with van der Waals surface area (Å²) < 4.78 is 13.1. The third-order valence-corrected chi connectivity index (χ3v) is 3.34. The van der Waals surface area contributed by atoms with Crippen LogP contribution in [0.3, 0.4) is 0 Å². The van der Waals surface area contributed by atoms with Crippen LogP contribution in [0.15, 0.2) is 24.3 Å². The highest BCUT2D eigenvalue weighted by Crippen LogP contribution is 2.21. The zero-order chi connectivity index (χ0) is 12.0. The molecule has 0 aliphatic carbocycles. The molecule has 16 heavy (non-hydrogen) atoms. The Morgan fingerprint density at radius 1 is 1.19 bits per heavy atom. The van der Waals surface area contributed by atoms with Gasteiger partial charge in [0.05, 0.1) is 0 Å². The number of hydrogen-bond acceptors (Lipinski definition) is 1. The zero-order valence-corrected chi connectivity index (χ0v) is 10.5. The van der Waals surface area contributed by atoms with Crippen molar-refractivity contribution in [2.45, 2.75) is 45.6 Å². The molecule has 1 nitrogen and oxygen atoms in total. The Hall–Kier alpha value is -0.890. The lowest BCUT2D eigenvalue weighted by Gasteiger charge is -2.33. The van der Waals surface area contributed by atoms with Gasteiger partial charge >= 0.3 is 0 Å². The standard InChI is InChI=1S/C14H22FN/c1-4-14(5-2,16-6-3)11-12-8-7-9-13(15)10-12/h7-10,16H,4-6,11H2,1-3H3. The van der Waals surface area contributed by atoms with Gasteiger partial charge in [-0.25, -0.2) is 4.39 Å². The summed E-state index contributed by atoms with van der Waals surface area (Å²) in [5.41, 5.74) is 1.19. The molecule has 0 aromatic heterocycles. The second kappa shape index (κ2) is 6.00. The molecule has 0 saturated heterocycles. The minimum absolute atomic E-state index is 0.114. The zero-order valence-electron chi connectivity index (χ0n) is 10.5. The van der Waals surface area contributed by atoms with E-state index in [0.717, 1.165) is 31.4 Å². The molecule has 0 aliphatic rings. The van der Waals surface area contributed by atoms with Crippen molar-refractivity contribution in [3.05, 3.63) is 35.6 Å². The molecule has 0 atom stereocenters. The van der Waals surface area contributed by atoms with E-state index < -0.39 is 0 Å². The molecule has 0 heterocycles. The van der Waals surface area contributed by atoms with Gasteiger partial charge < -0.3 is 5.32 Å². The first-order valence-corrected chi connectivity index (χ1v) is 6.15. The van der Waals surface area contributed by atoms with Crippen LogP contribution in [0.2, 0.25) is 0 Å². The number of benzene rings is 1. The summed E-state index contributed by atoms with van der Waals surface area (Å²) in [6.45, 7) is 7.44. The van der Waals surface area contributed by atoms with Crippen molar-refractivity contribution in [2.75, 3.05) is 6.54 Å². The van der Waals surface area contributed by atoms with Crippen molar-refractivity contribution in [3.63, 3.8) is 0 Å². The minimum Gasteiger partial charge on any atom is -0.311 e. The smallest absolute Gasteiger partial charge is 0.123 e.